The molecule has 20 heavy (non-hydrogen) atoms. The number of rotatable bonds is 3. The summed E-state index contributed by atoms with van der Waals surface area (Å²) in [5.74, 6) is -0.141. The molecule has 1 aliphatic rings. The van der Waals surface area contributed by atoms with Crippen molar-refractivity contribution in [1.82, 2.24) is 10.2 Å². The molecular formula is C13H16BrF3N2O. The van der Waals surface area contributed by atoms with Crippen LogP contribution in [0.25, 0.3) is 0 Å². The maximum absolute atomic E-state index is 12.4. The Morgan fingerprint density at radius 2 is 2.20 bits per heavy atom. The van der Waals surface area contributed by atoms with Crippen LogP contribution in [-0.2, 0) is 6.54 Å². The van der Waals surface area contributed by atoms with E-state index in [0.717, 1.165) is 19.6 Å². The van der Waals surface area contributed by atoms with Crippen molar-refractivity contribution in [2.45, 2.75) is 25.9 Å². The second-order valence-electron chi connectivity index (χ2n) is 4.89. The van der Waals surface area contributed by atoms with Gasteiger partial charge in [-0.15, -0.1) is 13.2 Å². The zero-order valence-corrected chi connectivity index (χ0v) is 12.6. The molecule has 0 bridgehead atoms. The molecule has 1 aliphatic heterocycles. The van der Waals surface area contributed by atoms with E-state index < -0.39 is 6.36 Å². The first-order chi connectivity index (χ1) is 9.33. The van der Waals surface area contributed by atoms with E-state index in [-0.39, 0.29) is 5.75 Å². The third kappa shape index (κ3) is 4.64. The van der Waals surface area contributed by atoms with E-state index in [4.69, 9.17) is 0 Å². The maximum Gasteiger partial charge on any atom is 0.573 e. The summed E-state index contributed by atoms with van der Waals surface area (Å²) in [6, 6.07) is 5.09. The van der Waals surface area contributed by atoms with Crippen LogP contribution >= 0.6 is 15.9 Å². The summed E-state index contributed by atoms with van der Waals surface area (Å²) < 4.78 is 42.0. The SMILES string of the molecule is C[C@@H]1CN(Cc2ccc(Br)cc2OC(F)(F)F)CCN1. The predicted molar refractivity (Wildman–Crippen MR) is 73.6 cm³/mol. The van der Waals surface area contributed by atoms with Gasteiger partial charge in [-0.2, -0.15) is 0 Å². The number of piperazine rings is 1. The van der Waals surface area contributed by atoms with E-state index in [1.54, 1.807) is 12.1 Å². The fraction of sp³-hybridized carbons (Fsp3) is 0.538. The van der Waals surface area contributed by atoms with E-state index in [9.17, 15) is 13.2 Å². The number of halogens is 4. The zero-order valence-electron chi connectivity index (χ0n) is 11.0. The number of nitrogens with one attached hydrogen (secondary N) is 1. The van der Waals surface area contributed by atoms with Crippen molar-refractivity contribution in [2.24, 2.45) is 0 Å². The van der Waals surface area contributed by atoms with Gasteiger partial charge in [-0.1, -0.05) is 22.0 Å². The molecule has 0 unspecified atom stereocenters. The van der Waals surface area contributed by atoms with E-state index in [1.165, 1.54) is 6.07 Å². The number of ether oxygens (including phenoxy) is 1. The fourth-order valence-corrected chi connectivity index (χ4v) is 2.62. The summed E-state index contributed by atoms with van der Waals surface area (Å²) >= 11 is 3.17. The maximum atomic E-state index is 12.4. The average molecular weight is 353 g/mol. The Morgan fingerprint density at radius 1 is 1.45 bits per heavy atom. The van der Waals surface area contributed by atoms with Gasteiger partial charge in [0.1, 0.15) is 5.75 Å². The normalized spacial score (nSPS) is 20.9. The first-order valence-corrected chi connectivity index (χ1v) is 7.13. The summed E-state index contributed by atoms with van der Waals surface area (Å²) in [4.78, 5) is 2.12. The van der Waals surface area contributed by atoms with Crippen molar-refractivity contribution in [3.63, 3.8) is 0 Å². The number of benzene rings is 1. The standard InChI is InChI=1S/C13H16BrF3N2O/c1-9-7-19(5-4-18-9)8-10-2-3-11(14)6-12(10)20-13(15,16)17/h2-3,6,9,18H,4-5,7-8H2,1H3/t9-/m1/s1. The molecule has 0 spiro atoms. The van der Waals surface area contributed by atoms with Gasteiger partial charge < -0.3 is 10.1 Å². The van der Waals surface area contributed by atoms with Crippen molar-refractivity contribution in [1.29, 1.82) is 0 Å². The number of alkyl halides is 3. The van der Waals surface area contributed by atoms with Crippen molar-refractivity contribution in [3.8, 4) is 5.75 Å². The fourth-order valence-electron chi connectivity index (χ4n) is 2.28. The van der Waals surface area contributed by atoms with E-state index >= 15 is 0 Å². The van der Waals surface area contributed by atoms with Gasteiger partial charge in [0.05, 0.1) is 0 Å². The third-order valence-electron chi connectivity index (χ3n) is 3.10. The Labute approximate surface area is 124 Å². The van der Waals surface area contributed by atoms with Gasteiger partial charge >= 0.3 is 6.36 Å². The Kier molecular flexibility index (Phi) is 4.93. The van der Waals surface area contributed by atoms with Crippen LogP contribution in [0, 0.1) is 0 Å². The monoisotopic (exact) mass is 352 g/mol. The lowest BCUT2D eigenvalue weighted by Crippen LogP contribution is -2.48. The lowest BCUT2D eigenvalue weighted by molar-refractivity contribution is -0.275. The molecule has 1 fully saturated rings. The molecule has 7 heteroatoms. The molecule has 2 rings (SSSR count). The minimum Gasteiger partial charge on any atom is -0.405 e. The van der Waals surface area contributed by atoms with Gasteiger partial charge in [-0.05, 0) is 19.1 Å². The molecule has 0 radical (unpaired) electrons. The van der Waals surface area contributed by atoms with E-state index in [1.807, 2.05) is 0 Å². The highest BCUT2D eigenvalue weighted by Gasteiger charge is 2.32. The average Bonchev–Trinajstić information content (AvgIpc) is 2.31. The molecule has 0 aliphatic carbocycles. The topological polar surface area (TPSA) is 24.5 Å². The van der Waals surface area contributed by atoms with Crippen LogP contribution in [0.2, 0.25) is 0 Å². The quantitative estimate of drug-likeness (QED) is 0.904. The summed E-state index contributed by atoms with van der Waals surface area (Å²) in [6.45, 7) is 4.96. The van der Waals surface area contributed by atoms with Crippen LogP contribution in [0.4, 0.5) is 13.2 Å². The minimum atomic E-state index is -4.67. The lowest BCUT2D eigenvalue weighted by atomic mass is 10.1. The Hall–Kier alpha value is -0.790. The molecule has 1 N–H and O–H groups in total. The Morgan fingerprint density at radius 3 is 2.85 bits per heavy atom. The molecular weight excluding hydrogens is 337 g/mol. The highest BCUT2D eigenvalue weighted by atomic mass is 79.9. The second kappa shape index (κ2) is 6.32. The largest absolute Gasteiger partial charge is 0.573 e. The predicted octanol–water partition coefficient (Wildman–Crippen LogP) is 3.14. The van der Waals surface area contributed by atoms with Gasteiger partial charge in [0, 0.05) is 42.3 Å². The molecule has 1 aromatic rings. The van der Waals surface area contributed by atoms with Crippen molar-refractivity contribution < 1.29 is 17.9 Å². The van der Waals surface area contributed by atoms with Crippen molar-refractivity contribution in [2.75, 3.05) is 19.6 Å². The summed E-state index contributed by atoms with van der Waals surface area (Å²) in [6.07, 6.45) is -4.67. The van der Waals surface area contributed by atoms with Crippen LogP contribution in [0.1, 0.15) is 12.5 Å². The van der Waals surface area contributed by atoms with Crippen LogP contribution < -0.4 is 10.1 Å². The lowest BCUT2D eigenvalue weighted by Gasteiger charge is -2.32. The van der Waals surface area contributed by atoms with Crippen molar-refractivity contribution >= 4 is 15.9 Å². The molecule has 0 saturated carbocycles. The molecule has 1 aromatic carbocycles. The van der Waals surface area contributed by atoms with Gasteiger partial charge in [-0.3, -0.25) is 4.90 Å². The van der Waals surface area contributed by atoms with Crippen LogP contribution in [0.15, 0.2) is 22.7 Å². The van der Waals surface area contributed by atoms with E-state index in [0.29, 0.717) is 22.6 Å². The molecule has 1 heterocycles. The second-order valence-corrected chi connectivity index (χ2v) is 5.81. The summed E-state index contributed by atoms with van der Waals surface area (Å²) in [5.41, 5.74) is 0.541. The highest BCUT2D eigenvalue weighted by molar-refractivity contribution is 9.10. The van der Waals surface area contributed by atoms with Crippen LogP contribution in [0.3, 0.4) is 0 Å². The zero-order chi connectivity index (χ0) is 14.8. The molecule has 1 saturated heterocycles. The molecule has 3 nitrogen and oxygen atoms in total. The first-order valence-electron chi connectivity index (χ1n) is 6.33. The molecule has 0 amide bonds. The van der Waals surface area contributed by atoms with Gasteiger partial charge in [0.2, 0.25) is 0 Å². The van der Waals surface area contributed by atoms with Crippen LogP contribution in [0.5, 0.6) is 5.75 Å². The number of nitrogens with zero attached hydrogens (tertiary/aromatic N) is 1. The van der Waals surface area contributed by atoms with Gasteiger partial charge in [0.15, 0.2) is 0 Å². The summed E-state index contributed by atoms with van der Waals surface area (Å²) in [7, 11) is 0. The summed E-state index contributed by atoms with van der Waals surface area (Å²) in [5, 5.41) is 3.30. The van der Waals surface area contributed by atoms with Gasteiger partial charge in [0.25, 0.3) is 0 Å². The Bertz CT molecular complexity index is 467. The highest BCUT2D eigenvalue weighted by Crippen LogP contribution is 2.30. The van der Waals surface area contributed by atoms with Crippen molar-refractivity contribution in [3.05, 3.63) is 28.2 Å². The van der Waals surface area contributed by atoms with Gasteiger partial charge in [-0.25, -0.2) is 0 Å². The number of hydrogen-bond acceptors (Lipinski definition) is 3. The Balaban J connectivity index is 2.13. The van der Waals surface area contributed by atoms with Crippen LogP contribution in [-0.4, -0.2) is 36.9 Å². The van der Waals surface area contributed by atoms with E-state index in [2.05, 4.69) is 37.8 Å². The smallest absolute Gasteiger partial charge is 0.405 e. The molecule has 0 aromatic heterocycles. The molecule has 112 valence electrons. The number of hydrogen-bond donors (Lipinski definition) is 1. The first kappa shape index (κ1) is 15.6. The minimum absolute atomic E-state index is 0.141. The molecule has 1 atom stereocenters. The third-order valence-corrected chi connectivity index (χ3v) is 3.59.